The number of hydrogen-bond donors (Lipinski definition) is 1. The van der Waals surface area contributed by atoms with E-state index in [0.717, 1.165) is 10.6 Å². The molecular weight excluding hydrogens is 450 g/mol. The van der Waals surface area contributed by atoms with Gasteiger partial charge in [0.05, 0.1) is 22.5 Å². The Morgan fingerprint density at radius 2 is 1.56 bits per heavy atom. The number of carbonyl (C=O) groups excluding carboxylic acids is 4. The van der Waals surface area contributed by atoms with Gasteiger partial charge >= 0.3 is 0 Å². The molecule has 0 saturated heterocycles. The Balaban J connectivity index is 1.43. The van der Waals surface area contributed by atoms with Crippen molar-refractivity contribution in [2.45, 2.75) is 6.92 Å². The summed E-state index contributed by atoms with van der Waals surface area (Å²) < 4.78 is 0. The molecule has 0 atom stereocenters. The van der Waals surface area contributed by atoms with Crippen molar-refractivity contribution in [3.63, 3.8) is 0 Å². The van der Waals surface area contributed by atoms with Crippen molar-refractivity contribution in [1.29, 1.82) is 0 Å². The van der Waals surface area contributed by atoms with Crippen LogP contribution in [0.25, 0.3) is 0 Å². The van der Waals surface area contributed by atoms with Crippen LogP contribution in [0.2, 0.25) is 0 Å². The molecule has 5 rings (SSSR count). The van der Waals surface area contributed by atoms with E-state index in [4.69, 9.17) is 0 Å². The van der Waals surface area contributed by atoms with Gasteiger partial charge in [0.1, 0.15) is 0 Å². The van der Waals surface area contributed by atoms with Crippen molar-refractivity contribution >= 4 is 45.7 Å². The first-order valence-corrected chi connectivity index (χ1v) is 11.3. The lowest BCUT2D eigenvalue weighted by atomic mass is 10.0. The van der Waals surface area contributed by atoms with Gasteiger partial charge in [0.25, 0.3) is 17.7 Å². The molecule has 0 unspecified atom stereocenters. The number of carbonyl (C=O) groups is 4. The monoisotopic (exact) mass is 467 g/mol. The molecule has 1 aromatic heterocycles. The number of thiazole rings is 1. The molecule has 2 heterocycles. The molecule has 7 nitrogen and oxygen atoms in total. The van der Waals surface area contributed by atoms with E-state index in [1.54, 1.807) is 42.5 Å². The second-order valence-electron chi connectivity index (χ2n) is 7.70. The van der Waals surface area contributed by atoms with Crippen molar-refractivity contribution < 1.29 is 19.2 Å². The molecule has 8 heteroatoms. The highest BCUT2D eigenvalue weighted by Crippen LogP contribution is 2.30. The van der Waals surface area contributed by atoms with Gasteiger partial charge in [-0.15, -0.1) is 11.3 Å². The highest BCUT2D eigenvalue weighted by molar-refractivity contribution is 7.13. The Morgan fingerprint density at radius 1 is 0.824 bits per heavy atom. The van der Waals surface area contributed by atoms with Gasteiger partial charge in [-0.05, 0) is 37.3 Å². The van der Waals surface area contributed by atoms with Gasteiger partial charge in [-0.2, -0.15) is 0 Å². The number of ketones is 1. The average Bonchev–Trinajstić information content (AvgIpc) is 3.38. The third kappa shape index (κ3) is 3.80. The molecule has 1 N–H and O–H groups in total. The van der Waals surface area contributed by atoms with Crippen LogP contribution in [0.15, 0.2) is 78.2 Å². The van der Waals surface area contributed by atoms with E-state index in [1.165, 1.54) is 35.6 Å². The SMILES string of the molecule is Cc1csc(NC(=O)c2ccc3c(c2)C(=O)N(c2cccc(C(=O)c4ccccc4)c2)C3=O)n1. The molecule has 1 aliphatic rings. The Kier molecular flexibility index (Phi) is 5.35. The minimum Gasteiger partial charge on any atom is -0.298 e. The molecule has 1 aliphatic heterocycles. The predicted octanol–water partition coefficient (Wildman–Crippen LogP) is 4.74. The first-order chi connectivity index (χ1) is 16.4. The standard InChI is InChI=1S/C26H17N3O4S/c1-15-14-34-26(27-15)28-23(31)18-10-11-20-21(13-18)25(33)29(24(20)32)19-9-5-8-17(12-19)22(30)16-6-3-2-4-7-16/h2-14H,1H3,(H,27,28,31). The first kappa shape index (κ1) is 21.4. The average molecular weight is 468 g/mol. The van der Waals surface area contributed by atoms with Crippen LogP contribution in [0, 0.1) is 6.92 Å². The number of hydrogen-bond acceptors (Lipinski definition) is 6. The van der Waals surface area contributed by atoms with Crippen LogP contribution >= 0.6 is 11.3 Å². The fraction of sp³-hybridized carbons (Fsp3) is 0.0385. The number of fused-ring (bicyclic) bond motifs is 1. The number of anilines is 2. The molecule has 3 aromatic carbocycles. The van der Waals surface area contributed by atoms with E-state index in [0.29, 0.717) is 16.3 Å². The molecule has 3 amide bonds. The first-order valence-electron chi connectivity index (χ1n) is 10.4. The number of rotatable bonds is 5. The lowest BCUT2D eigenvalue weighted by molar-refractivity contribution is 0.0923. The van der Waals surface area contributed by atoms with Crippen LogP contribution in [0.4, 0.5) is 10.8 Å². The van der Waals surface area contributed by atoms with Gasteiger partial charge in [-0.3, -0.25) is 24.5 Å². The van der Waals surface area contributed by atoms with E-state index in [2.05, 4.69) is 10.3 Å². The summed E-state index contributed by atoms with van der Waals surface area (Å²) in [5.41, 5.74) is 2.52. The number of benzene rings is 3. The molecule has 0 radical (unpaired) electrons. The number of imide groups is 1. The summed E-state index contributed by atoms with van der Waals surface area (Å²) in [7, 11) is 0. The van der Waals surface area contributed by atoms with E-state index < -0.39 is 17.7 Å². The number of aromatic nitrogens is 1. The summed E-state index contributed by atoms with van der Waals surface area (Å²) in [6.07, 6.45) is 0. The zero-order valence-corrected chi connectivity index (χ0v) is 18.8. The Labute approximate surface area is 198 Å². The lowest BCUT2D eigenvalue weighted by Gasteiger charge is -2.14. The quantitative estimate of drug-likeness (QED) is 0.338. The molecular formula is C26H17N3O4S. The van der Waals surface area contributed by atoms with Crippen LogP contribution in [0.3, 0.4) is 0 Å². The zero-order valence-electron chi connectivity index (χ0n) is 17.9. The van der Waals surface area contributed by atoms with Crippen molar-refractivity contribution in [1.82, 2.24) is 4.98 Å². The van der Waals surface area contributed by atoms with E-state index in [1.807, 2.05) is 18.4 Å². The number of nitrogens with one attached hydrogen (secondary N) is 1. The molecule has 34 heavy (non-hydrogen) atoms. The molecule has 0 bridgehead atoms. The van der Waals surface area contributed by atoms with Crippen LogP contribution in [-0.2, 0) is 0 Å². The van der Waals surface area contributed by atoms with Gasteiger partial charge in [-0.25, -0.2) is 9.88 Å². The van der Waals surface area contributed by atoms with Crippen LogP contribution in [0.5, 0.6) is 0 Å². The van der Waals surface area contributed by atoms with Crippen molar-refractivity contribution in [2.75, 3.05) is 10.2 Å². The maximum atomic E-state index is 13.2. The molecule has 0 fully saturated rings. The highest BCUT2D eigenvalue weighted by atomic mass is 32.1. The van der Waals surface area contributed by atoms with Crippen LogP contribution in [0.1, 0.15) is 52.7 Å². The van der Waals surface area contributed by atoms with E-state index in [9.17, 15) is 19.2 Å². The molecule has 4 aromatic rings. The van der Waals surface area contributed by atoms with E-state index in [-0.39, 0.29) is 28.2 Å². The third-order valence-electron chi connectivity index (χ3n) is 5.39. The molecule has 0 saturated carbocycles. The van der Waals surface area contributed by atoms with Crippen molar-refractivity contribution in [2.24, 2.45) is 0 Å². The van der Waals surface area contributed by atoms with Crippen molar-refractivity contribution in [3.05, 3.63) is 112 Å². The Morgan fingerprint density at radius 3 is 2.29 bits per heavy atom. The van der Waals surface area contributed by atoms with Gasteiger partial charge in [0, 0.05) is 22.1 Å². The summed E-state index contributed by atoms with van der Waals surface area (Å²) in [5.74, 6) is -1.70. The van der Waals surface area contributed by atoms with E-state index >= 15 is 0 Å². The molecule has 0 spiro atoms. The topological polar surface area (TPSA) is 96.4 Å². The summed E-state index contributed by atoms with van der Waals surface area (Å²) in [6, 6.07) is 19.5. The maximum absolute atomic E-state index is 13.2. The number of nitrogens with zero attached hydrogens (tertiary/aromatic N) is 2. The smallest absolute Gasteiger partial charge is 0.266 e. The van der Waals surface area contributed by atoms with Gasteiger partial charge < -0.3 is 0 Å². The number of aryl methyl sites for hydroxylation is 1. The molecule has 0 aliphatic carbocycles. The second-order valence-corrected chi connectivity index (χ2v) is 8.56. The second kappa shape index (κ2) is 8.49. The minimum atomic E-state index is -0.552. The fourth-order valence-corrected chi connectivity index (χ4v) is 4.42. The Hall–Kier alpha value is -4.43. The predicted molar refractivity (Wildman–Crippen MR) is 129 cm³/mol. The van der Waals surface area contributed by atoms with Gasteiger partial charge in [0.2, 0.25) is 0 Å². The highest BCUT2D eigenvalue weighted by Gasteiger charge is 2.37. The largest absolute Gasteiger partial charge is 0.298 e. The lowest BCUT2D eigenvalue weighted by Crippen LogP contribution is -2.29. The van der Waals surface area contributed by atoms with Crippen molar-refractivity contribution in [3.8, 4) is 0 Å². The fourth-order valence-electron chi connectivity index (χ4n) is 3.74. The summed E-state index contributed by atoms with van der Waals surface area (Å²) in [4.78, 5) is 56.9. The normalized spacial score (nSPS) is 12.6. The summed E-state index contributed by atoms with van der Waals surface area (Å²) in [6.45, 7) is 1.82. The maximum Gasteiger partial charge on any atom is 0.266 e. The van der Waals surface area contributed by atoms with Crippen LogP contribution < -0.4 is 10.2 Å². The third-order valence-corrected chi connectivity index (χ3v) is 6.27. The molecule has 166 valence electrons. The Bertz CT molecular complexity index is 1480. The van der Waals surface area contributed by atoms with Gasteiger partial charge in [0.15, 0.2) is 10.9 Å². The van der Waals surface area contributed by atoms with Gasteiger partial charge in [-0.1, -0.05) is 42.5 Å². The summed E-state index contributed by atoms with van der Waals surface area (Å²) in [5, 5.41) is 4.96. The van der Waals surface area contributed by atoms with Crippen LogP contribution in [-0.4, -0.2) is 28.5 Å². The summed E-state index contributed by atoms with van der Waals surface area (Å²) >= 11 is 1.30. The zero-order chi connectivity index (χ0) is 23.8. The number of amides is 3. The minimum absolute atomic E-state index is 0.132.